The molecule has 1 heterocycles. The van der Waals surface area contributed by atoms with Crippen molar-refractivity contribution in [2.45, 2.75) is 20.3 Å². The Morgan fingerprint density at radius 3 is 2.83 bits per heavy atom. The van der Waals surface area contributed by atoms with Crippen molar-refractivity contribution in [3.63, 3.8) is 0 Å². The SMILES string of the molecule is CCOC(=O)C(C)(CN)Cc1cccnc1OC. The van der Waals surface area contributed by atoms with Crippen LogP contribution in [0.4, 0.5) is 0 Å². The van der Waals surface area contributed by atoms with Gasteiger partial charge >= 0.3 is 5.97 Å². The lowest BCUT2D eigenvalue weighted by atomic mass is 9.84. The molecule has 18 heavy (non-hydrogen) atoms. The zero-order valence-corrected chi connectivity index (χ0v) is 11.1. The Labute approximate surface area is 107 Å². The second kappa shape index (κ2) is 6.35. The van der Waals surface area contributed by atoms with Gasteiger partial charge in [-0.1, -0.05) is 6.07 Å². The van der Waals surface area contributed by atoms with Crippen molar-refractivity contribution in [3.05, 3.63) is 23.9 Å². The number of esters is 1. The maximum absolute atomic E-state index is 11.9. The van der Waals surface area contributed by atoms with E-state index in [0.29, 0.717) is 18.9 Å². The number of nitrogens with two attached hydrogens (primary N) is 1. The van der Waals surface area contributed by atoms with Crippen LogP contribution in [0.15, 0.2) is 18.3 Å². The number of hydrogen-bond donors (Lipinski definition) is 1. The predicted octanol–water partition coefficient (Wildman–Crippen LogP) is 1.16. The summed E-state index contributed by atoms with van der Waals surface area (Å²) in [6.45, 7) is 4.12. The molecule has 1 unspecified atom stereocenters. The van der Waals surface area contributed by atoms with Crippen molar-refractivity contribution < 1.29 is 14.3 Å². The van der Waals surface area contributed by atoms with Crippen molar-refractivity contribution >= 4 is 5.97 Å². The Hall–Kier alpha value is -1.62. The number of ether oxygens (including phenoxy) is 2. The fourth-order valence-electron chi connectivity index (χ4n) is 1.70. The second-order valence-corrected chi connectivity index (χ2v) is 4.33. The molecular weight excluding hydrogens is 232 g/mol. The zero-order valence-electron chi connectivity index (χ0n) is 11.1. The fraction of sp³-hybridized carbons (Fsp3) is 0.538. The molecule has 0 spiro atoms. The van der Waals surface area contributed by atoms with E-state index >= 15 is 0 Å². The smallest absolute Gasteiger partial charge is 0.313 e. The highest BCUT2D eigenvalue weighted by molar-refractivity contribution is 5.77. The maximum Gasteiger partial charge on any atom is 0.313 e. The maximum atomic E-state index is 11.9. The minimum Gasteiger partial charge on any atom is -0.481 e. The van der Waals surface area contributed by atoms with Gasteiger partial charge in [0.1, 0.15) is 0 Å². The Bertz CT molecular complexity index is 409. The van der Waals surface area contributed by atoms with E-state index in [1.807, 2.05) is 6.07 Å². The van der Waals surface area contributed by atoms with E-state index in [1.165, 1.54) is 0 Å². The molecule has 0 aliphatic rings. The Morgan fingerprint density at radius 1 is 1.56 bits per heavy atom. The summed E-state index contributed by atoms with van der Waals surface area (Å²) in [6.07, 6.45) is 2.09. The quantitative estimate of drug-likeness (QED) is 0.769. The van der Waals surface area contributed by atoms with Gasteiger partial charge in [-0.3, -0.25) is 4.79 Å². The first-order valence-electron chi connectivity index (χ1n) is 5.92. The van der Waals surface area contributed by atoms with E-state index in [0.717, 1.165) is 5.56 Å². The summed E-state index contributed by atoms with van der Waals surface area (Å²) in [5, 5.41) is 0. The summed E-state index contributed by atoms with van der Waals surface area (Å²) in [5.41, 5.74) is 5.81. The third kappa shape index (κ3) is 3.20. The van der Waals surface area contributed by atoms with Crippen LogP contribution in [0.2, 0.25) is 0 Å². The van der Waals surface area contributed by atoms with Gasteiger partial charge in [0.15, 0.2) is 0 Å². The molecule has 0 aliphatic carbocycles. The van der Waals surface area contributed by atoms with Crippen LogP contribution in [0.3, 0.4) is 0 Å². The standard InChI is InChI=1S/C13H20N2O3/c1-4-18-12(16)13(2,9-14)8-10-6-5-7-15-11(10)17-3/h5-7H,4,8-9,14H2,1-3H3. The van der Waals surface area contributed by atoms with Gasteiger partial charge in [0, 0.05) is 18.3 Å². The van der Waals surface area contributed by atoms with Gasteiger partial charge in [0.2, 0.25) is 5.88 Å². The largest absolute Gasteiger partial charge is 0.481 e. The van der Waals surface area contributed by atoms with Crippen LogP contribution in [-0.4, -0.2) is 31.2 Å². The summed E-state index contributed by atoms with van der Waals surface area (Å²) < 4.78 is 10.2. The normalized spacial score (nSPS) is 13.8. The highest BCUT2D eigenvalue weighted by Gasteiger charge is 2.34. The van der Waals surface area contributed by atoms with Crippen LogP contribution < -0.4 is 10.5 Å². The summed E-state index contributed by atoms with van der Waals surface area (Å²) in [7, 11) is 1.55. The molecule has 5 heteroatoms. The van der Waals surface area contributed by atoms with Crippen molar-refractivity contribution in [1.82, 2.24) is 4.98 Å². The van der Waals surface area contributed by atoms with Crippen LogP contribution in [0, 0.1) is 5.41 Å². The lowest BCUT2D eigenvalue weighted by Crippen LogP contribution is -2.39. The molecule has 5 nitrogen and oxygen atoms in total. The molecular formula is C13H20N2O3. The van der Waals surface area contributed by atoms with Gasteiger partial charge in [-0.2, -0.15) is 0 Å². The van der Waals surface area contributed by atoms with Crippen LogP contribution in [0.25, 0.3) is 0 Å². The topological polar surface area (TPSA) is 74.4 Å². The summed E-state index contributed by atoms with van der Waals surface area (Å²) in [5.74, 6) is 0.222. The van der Waals surface area contributed by atoms with E-state index in [-0.39, 0.29) is 12.5 Å². The van der Waals surface area contributed by atoms with Crippen LogP contribution in [-0.2, 0) is 16.0 Å². The molecule has 0 aromatic carbocycles. The summed E-state index contributed by atoms with van der Waals surface area (Å²) in [6, 6.07) is 3.68. The van der Waals surface area contributed by atoms with Gasteiger partial charge in [0.25, 0.3) is 0 Å². The number of nitrogens with zero attached hydrogens (tertiary/aromatic N) is 1. The van der Waals surface area contributed by atoms with E-state index < -0.39 is 5.41 Å². The van der Waals surface area contributed by atoms with E-state index in [4.69, 9.17) is 15.2 Å². The average molecular weight is 252 g/mol. The molecule has 0 radical (unpaired) electrons. The lowest BCUT2D eigenvalue weighted by Gasteiger charge is -2.25. The molecule has 1 rings (SSSR count). The monoisotopic (exact) mass is 252 g/mol. The van der Waals surface area contributed by atoms with E-state index in [2.05, 4.69) is 4.98 Å². The lowest BCUT2D eigenvalue weighted by molar-refractivity contribution is -0.153. The fourth-order valence-corrected chi connectivity index (χ4v) is 1.70. The number of aromatic nitrogens is 1. The van der Waals surface area contributed by atoms with Crippen molar-refractivity contribution in [1.29, 1.82) is 0 Å². The molecule has 100 valence electrons. The third-order valence-corrected chi connectivity index (χ3v) is 2.84. The number of rotatable bonds is 6. The summed E-state index contributed by atoms with van der Waals surface area (Å²) >= 11 is 0. The Balaban J connectivity index is 2.94. The van der Waals surface area contributed by atoms with Crippen molar-refractivity contribution in [2.75, 3.05) is 20.3 Å². The van der Waals surface area contributed by atoms with Crippen LogP contribution in [0.5, 0.6) is 5.88 Å². The van der Waals surface area contributed by atoms with Gasteiger partial charge in [-0.15, -0.1) is 0 Å². The molecule has 1 aromatic heterocycles. The molecule has 0 saturated heterocycles. The highest BCUT2D eigenvalue weighted by atomic mass is 16.5. The molecule has 0 bridgehead atoms. The molecule has 0 saturated carbocycles. The number of carbonyl (C=O) groups is 1. The average Bonchev–Trinajstić information content (AvgIpc) is 2.39. The van der Waals surface area contributed by atoms with E-state index in [1.54, 1.807) is 33.2 Å². The van der Waals surface area contributed by atoms with Gasteiger partial charge in [-0.25, -0.2) is 4.98 Å². The number of carbonyl (C=O) groups excluding carboxylic acids is 1. The molecule has 0 aliphatic heterocycles. The van der Waals surface area contributed by atoms with Gasteiger partial charge in [-0.05, 0) is 26.3 Å². The second-order valence-electron chi connectivity index (χ2n) is 4.33. The molecule has 1 aromatic rings. The Kier molecular flexibility index (Phi) is 5.09. The van der Waals surface area contributed by atoms with E-state index in [9.17, 15) is 4.79 Å². The predicted molar refractivity (Wildman–Crippen MR) is 68.3 cm³/mol. The number of pyridine rings is 1. The van der Waals surface area contributed by atoms with Gasteiger partial charge in [0.05, 0.1) is 19.1 Å². The summed E-state index contributed by atoms with van der Waals surface area (Å²) in [4.78, 5) is 16.0. The number of hydrogen-bond acceptors (Lipinski definition) is 5. The van der Waals surface area contributed by atoms with Crippen molar-refractivity contribution in [3.8, 4) is 5.88 Å². The first-order chi connectivity index (χ1) is 8.57. The van der Waals surface area contributed by atoms with Crippen LogP contribution >= 0.6 is 0 Å². The first-order valence-corrected chi connectivity index (χ1v) is 5.92. The number of methoxy groups -OCH3 is 1. The van der Waals surface area contributed by atoms with Crippen molar-refractivity contribution in [2.24, 2.45) is 11.1 Å². The zero-order chi connectivity index (χ0) is 13.6. The highest BCUT2D eigenvalue weighted by Crippen LogP contribution is 2.27. The Morgan fingerprint density at radius 2 is 2.28 bits per heavy atom. The first kappa shape index (κ1) is 14.4. The minimum absolute atomic E-state index is 0.212. The molecule has 2 N–H and O–H groups in total. The molecule has 1 atom stereocenters. The van der Waals surface area contributed by atoms with Gasteiger partial charge < -0.3 is 15.2 Å². The molecule has 0 fully saturated rings. The minimum atomic E-state index is -0.758. The molecule has 0 amide bonds. The van der Waals surface area contributed by atoms with Crippen LogP contribution in [0.1, 0.15) is 19.4 Å². The third-order valence-electron chi connectivity index (χ3n) is 2.84.